The van der Waals surface area contributed by atoms with Crippen molar-refractivity contribution in [3.05, 3.63) is 11.6 Å². The van der Waals surface area contributed by atoms with E-state index in [1.54, 1.807) is 0 Å². The Hall–Kier alpha value is -1.92. The van der Waals surface area contributed by atoms with Crippen LogP contribution in [-0.2, 0) is 38.0 Å². The predicted molar refractivity (Wildman–Crippen MR) is 231 cm³/mol. The lowest BCUT2D eigenvalue weighted by atomic mass is 9.33. The third-order valence-electron chi connectivity index (χ3n) is 19.3. The Morgan fingerprint density at radius 3 is 1.75 bits per heavy atom. The van der Waals surface area contributed by atoms with Crippen LogP contribution in [0.3, 0.4) is 0 Å². The molecule has 19 nitrogen and oxygen atoms in total. The van der Waals surface area contributed by atoms with Crippen molar-refractivity contribution in [1.82, 2.24) is 0 Å². The number of aliphatic hydroxyl groups excluding tert-OH is 9. The first-order chi connectivity index (χ1) is 31.2. The van der Waals surface area contributed by atoms with E-state index in [-0.39, 0.29) is 39.4 Å². The van der Waals surface area contributed by atoms with Crippen LogP contribution in [0.15, 0.2) is 11.6 Å². The second-order valence-electron chi connectivity index (χ2n) is 23.5. The van der Waals surface area contributed by atoms with Crippen LogP contribution in [-0.4, -0.2) is 180 Å². The molecule has 0 radical (unpaired) electrons. The minimum Gasteiger partial charge on any atom is -0.481 e. The van der Waals surface area contributed by atoms with Gasteiger partial charge in [0.25, 0.3) is 0 Å². The Labute approximate surface area is 391 Å². The smallest absolute Gasteiger partial charge is 0.335 e. The van der Waals surface area contributed by atoms with Crippen molar-refractivity contribution in [3.8, 4) is 0 Å². The summed E-state index contributed by atoms with van der Waals surface area (Å²) in [5.41, 5.74) is -0.557. The number of hydrogen-bond donors (Lipinski definition) is 11. The summed E-state index contributed by atoms with van der Waals surface area (Å²) in [5, 5.41) is 117. The first-order valence-electron chi connectivity index (χ1n) is 24.3. The highest BCUT2D eigenvalue weighted by molar-refractivity contribution is 5.76. The zero-order valence-electron chi connectivity index (χ0n) is 39.7. The molecule has 0 bridgehead atoms. The maximum Gasteiger partial charge on any atom is 0.335 e. The van der Waals surface area contributed by atoms with Crippen molar-refractivity contribution in [2.45, 2.75) is 211 Å². The second kappa shape index (κ2) is 18.0. The molecular weight excluding hydrogens is 881 g/mol. The number of rotatable bonds is 10. The zero-order valence-corrected chi connectivity index (χ0v) is 39.7. The molecule has 0 amide bonds. The first kappa shape index (κ1) is 51.4. The number of carboxylic acid groups (broad SMARTS) is 2. The number of aliphatic carboxylic acids is 2. The molecule has 3 aliphatic heterocycles. The summed E-state index contributed by atoms with van der Waals surface area (Å²) >= 11 is 0. The van der Waals surface area contributed by atoms with Crippen molar-refractivity contribution in [1.29, 1.82) is 0 Å². The Morgan fingerprint density at radius 2 is 1.19 bits per heavy atom. The number of carboxylic acids is 2. The van der Waals surface area contributed by atoms with Gasteiger partial charge in [0.05, 0.1) is 24.7 Å². The molecule has 0 aromatic heterocycles. The molecular formula is C48H76O19. The van der Waals surface area contributed by atoms with Gasteiger partial charge in [0.15, 0.2) is 25.0 Å². The summed E-state index contributed by atoms with van der Waals surface area (Å²) in [4.78, 5) is 26.2. The molecule has 382 valence electrons. The quantitative estimate of drug-likeness (QED) is 0.107. The van der Waals surface area contributed by atoms with Gasteiger partial charge in [-0.1, -0.05) is 60.1 Å². The molecule has 0 spiro atoms. The van der Waals surface area contributed by atoms with E-state index in [0.717, 1.165) is 38.5 Å². The van der Waals surface area contributed by atoms with Crippen LogP contribution in [0.4, 0.5) is 0 Å². The Bertz CT molecular complexity index is 1870. The van der Waals surface area contributed by atoms with E-state index < -0.39 is 134 Å². The summed E-state index contributed by atoms with van der Waals surface area (Å²) < 4.78 is 36.0. The number of carbonyl (C=O) groups is 2. The van der Waals surface area contributed by atoms with E-state index in [2.05, 4.69) is 54.5 Å². The molecule has 23 atom stereocenters. The minimum atomic E-state index is -2.05. The molecule has 0 aromatic rings. The average Bonchev–Trinajstić information content (AvgIpc) is 3.26. The fourth-order valence-electron chi connectivity index (χ4n) is 15.1. The molecule has 3 unspecified atom stereocenters. The SMILES string of the molecule is CC1(C)CC[C@]2(C(=O)O)CC[C@]3(C)C(=CCC4[C@@]5(C)CC[C@H](O[C@@H]6O[C@H](C(=O)O)[C@@H](O[C@@H]7O[C@H](CO)[C@@H](O)[C@H](O)[C@H]7O)[C@H](O)[C@H]6O[C@@H]6O[C@H](CO)[C@@H](O)[C@H](O)[C@H]6O)C(C)(C)C5CC[C@]43C)C2C1. The molecule has 5 aliphatic carbocycles. The number of aliphatic hydroxyl groups is 9. The summed E-state index contributed by atoms with van der Waals surface area (Å²) in [6, 6.07) is 0. The monoisotopic (exact) mass is 956 g/mol. The molecule has 4 saturated carbocycles. The van der Waals surface area contributed by atoms with Gasteiger partial charge in [-0.3, -0.25) is 4.79 Å². The highest BCUT2D eigenvalue weighted by atomic mass is 16.8. The summed E-state index contributed by atoms with van der Waals surface area (Å²) in [5.74, 6) is -2.03. The van der Waals surface area contributed by atoms with E-state index in [0.29, 0.717) is 25.7 Å². The fraction of sp³-hybridized carbons (Fsp3) is 0.917. The number of ether oxygens (including phenoxy) is 6. The average molecular weight is 957 g/mol. The predicted octanol–water partition coefficient (Wildman–Crippen LogP) is 0.799. The molecule has 8 rings (SSSR count). The topological polar surface area (TPSA) is 312 Å². The second-order valence-corrected chi connectivity index (χ2v) is 23.5. The van der Waals surface area contributed by atoms with Crippen molar-refractivity contribution >= 4 is 11.9 Å². The lowest BCUT2D eigenvalue weighted by Crippen LogP contribution is -2.68. The minimum absolute atomic E-state index is 0.0304. The number of fused-ring (bicyclic) bond motifs is 7. The van der Waals surface area contributed by atoms with Crippen molar-refractivity contribution in [3.63, 3.8) is 0 Å². The van der Waals surface area contributed by atoms with Crippen LogP contribution < -0.4 is 0 Å². The van der Waals surface area contributed by atoms with E-state index >= 15 is 0 Å². The van der Waals surface area contributed by atoms with Crippen LogP contribution in [0.1, 0.15) is 113 Å². The van der Waals surface area contributed by atoms with Gasteiger partial charge < -0.3 is 84.6 Å². The van der Waals surface area contributed by atoms with E-state index in [1.165, 1.54) is 5.57 Å². The van der Waals surface area contributed by atoms with Gasteiger partial charge >= 0.3 is 11.9 Å². The largest absolute Gasteiger partial charge is 0.481 e. The zero-order chi connectivity index (χ0) is 49.1. The van der Waals surface area contributed by atoms with E-state index in [1.807, 2.05) is 0 Å². The fourth-order valence-corrected chi connectivity index (χ4v) is 15.1. The van der Waals surface area contributed by atoms with Gasteiger partial charge in [-0.15, -0.1) is 0 Å². The Balaban J connectivity index is 1.08. The van der Waals surface area contributed by atoms with Gasteiger partial charge in [0, 0.05) is 0 Å². The standard InChI is InChI=1S/C48H76O19/c1-43(2)14-16-48(42(60)61)17-15-46(6)21(22(48)18-43)8-9-26-45(5)12-11-27(44(3,4)25(45)10-13-47(26,46)7)64-41-36(66-40-33(56)31(54)29(52)24(20-50)63-40)34(57)35(37(67-41)38(58)59)65-39-32(55)30(53)28(51)23(19-49)62-39/h8,22-37,39-41,49-57H,9-20H2,1-7H3,(H,58,59)(H,60,61)/t22?,23-,24-,25?,26?,27+,28-,29-,30+,31+,32-,33-,34+,35+,36-,37+,39+,40+,41-,45+,46-,47-,48+/m1/s1. The van der Waals surface area contributed by atoms with Gasteiger partial charge in [-0.2, -0.15) is 0 Å². The van der Waals surface area contributed by atoms with E-state index in [9.17, 15) is 65.8 Å². The maximum absolute atomic E-state index is 13.2. The lowest BCUT2D eigenvalue weighted by molar-refractivity contribution is -0.391. The highest BCUT2D eigenvalue weighted by Gasteiger charge is 2.70. The summed E-state index contributed by atoms with van der Waals surface area (Å²) in [7, 11) is 0. The van der Waals surface area contributed by atoms with E-state index in [4.69, 9.17) is 28.4 Å². The molecule has 3 heterocycles. The number of hydrogen-bond acceptors (Lipinski definition) is 17. The van der Waals surface area contributed by atoms with Crippen LogP contribution in [0.2, 0.25) is 0 Å². The molecule has 19 heteroatoms. The van der Waals surface area contributed by atoms with Crippen LogP contribution in [0.25, 0.3) is 0 Å². The molecule has 67 heavy (non-hydrogen) atoms. The molecule has 8 aliphatic rings. The van der Waals surface area contributed by atoms with Crippen molar-refractivity contribution in [2.24, 2.45) is 50.2 Å². The van der Waals surface area contributed by atoms with Crippen LogP contribution >= 0.6 is 0 Å². The summed E-state index contributed by atoms with van der Waals surface area (Å²) in [6.45, 7) is 14.3. The van der Waals surface area contributed by atoms with Crippen molar-refractivity contribution in [2.75, 3.05) is 13.2 Å². The van der Waals surface area contributed by atoms with Gasteiger partial charge in [-0.05, 0) is 109 Å². The van der Waals surface area contributed by atoms with Crippen LogP contribution in [0.5, 0.6) is 0 Å². The van der Waals surface area contributed by atoms with Crippen molar-refractivity contribution < 1.29 is 94.2 Å². The van der Waals surface area contributed by atoms with Crippen LogP contribution in [0, 0.1) is 50.2 Å². The third kappa shape index (κ3) is 8.06. The molecule has 3 saturated heterocycles. The first-order valence-corrected chi connectivity index (χ1v) is 24.3. The summed E-state index contributed by atoms with van der Waals surface area (Å²) in [6.07, 6.45) is -18.1. The lowest BCUT2D eigenvalue weighted by Gasteiger charge is -2.71. The maximum atomic E-state index is 13.2. The van der Waals surface area contributed by atoms with Gasteiger partial charge in [0.1, 0.15) is 67.1 Å². The van der Waals surface area contributed by atoms with Gasteiger partial charge in [-0.25, -0.2) is 4.79 Å². The van der Waals surface area contributed by atoms with Gasteiger partial charge in [0.2, 0.25) is 0 Å². The Kier molecular flexibility index (Phi) is 13.8. The third-order valence-corrected chi connectivity index (χ3v) is 19.3. The Morgan fingerprint density at radius 1 is 0.627 bits per heavy atom. The molecule has 0 aromatic carbocycles. The normalized spacial score (nSPS) is 52.7. The highest BCUT2D eigenvalue weighted by Crippen LogP contribution is 2.76. The molecule has 11 N–H and O–H groups in total. The number of allylic oxidation sites excluding steroid dienone is 2. The molecule has 7 fully saturated rings.